The molecular weight excluding hydrogens is 300 g/mol. The first-order valence-corrected chi connectivity index (χ1v) is 7.70. The minimum absolute atomic E-state index is 0.584. The second-order valence-electron chi connectivity index (χ2n) is 5.02. The quantitative estimate of drug-likeness (QED) is 0.613. The summed E-state index contributed by atoms with van der Waals surface area (Å²) in [5.41, 5.74) is 2.62. The normalized spacial score (nSPS) is 11.5. The van der Waals surface area contributed by atoms with Gasteiger partial charge in [0, 0.05) is 20.0 Å². The summed E-state index contributed by atoms with van der Waals surface area (Å²) >= 11 is 1.59. The third-order valence-corrected chi connectivity index (χ3v) is 4.18. The van der Waals surface area contributed by atoms with Crippen molar-refractivity contribution in [1.82, 2.24) is 34.1 Å². The highest BCUT2D eigenvalue weighted by Crippen LogP contribution is 2.14. The van der Waals surface area contributed by atoms with E-state index in [1.54, 1.807) is 23.9 Å². The molecule has 22 heavy (non-hydrogen) atoms. The summed E-state index contributed by atoms with van der Waals surface area (Å²) in [6.45, 7) is 2.69. The maximum atomic E-state index is 4.54. The van der Waals surface area contributed by atoms with Gasteiger partial charge in [-0.15, -0.1) is 0 Å². The first-order chi connectivity index (χ1) is 10.7. The summed E-state index contributed by atoms with van der Waals surface area (Å²) in [6.07, 6.45) is 6.26. The molecule has 1 N–H and O–H groups in total. The van der Waals surface area contributed by atoms with Gasteiger partial charge >= 0.3 is 0 Å². The molecule has 9 heteroatoms. The molecule has 0 aliphatic heterocycles. The van der Waals surface area contributed by atoms with Crippen molar-refractivity contribution in [3.05, 3.63) is 29.4 Å². The molecule has 4 rings (SSSR count). The predicted octanol–water partition coefficient (Wildman–Crippen LogP) is 1.43. The summed E-state index contributed by atoms with van der Waals surface area (Å²) in [4.78, 5) is 18.4. The Morgan fingerprint density at radius 3 is 3.05 bits per heavy atom. The summed E-state index contributed by atoms with van der Waals surface area (Å²) in [5, 5.41) is 8.58. The van der Waals surface area contributed by atoms with Gasteiger partial charge in [0.05, 0.1) is 24.4 Å². The number of hydrogen-bond donors (Lipinski definition) is 1. The minimum atomic E-state index is 0.584. The molecule has 0 radical (unpaired) electrons. The number of fused-ring (bicyclic) bond motifs is 2. The van der Waals surface area contributed by atoms with Gasteiger partial charge in [0.15, 0.2) is 5.65 Å². The fourth-order valence-electron chi connectivity index (χ4n) is 2.27. The van der Waals surface area contributed by atoms with Crippen molar-refractivity contribution in [2.75, 3.05) is 11.9 Å². The van der Waals surface area contributed by atoms with E-state index >= 15 is 0 Å². The molecule has 0 aliphatic carbocycles. The van der Waals surface area contributed by atoms with Crippen LogP contribution in [0.15, 0.2) is 18.7 Å². The zero-order valence-electron chi connectivity index (χ0n) is 12.2. The highest BCUT2D eigenvalue weighted by Gasteiger charge is 2.07. The Morgan fingerprint density at radius 1 is 1.27 bits per heavy atom. The van der Waals surface area contributed by atoms with Gasteiger partial charge in [-0.2, -0.15) is 10.1 Å². The topological polar surface area (TPSA) is 85.8 Å². The number of rotatable bonds is 4. The van der Waals surface area contributed by atoms with Gasteiger partial charge in [-0.3, -0.25) is 0 Å². The summed E-state index contributed by atoms with van der Waals surface area (Å²) in [6, 6.07) is 0. The maximum Gasteiger partial charge on any atom is 0.224 e. The van der Waals surface area contributed by atoms with E-state index in [2.05, 4.69) is 30.4 Å². The fraction of sp³-hybridized carbons (Fsp3) is 0.308. The van der Waals surface area contributed by atoms with E-state index in [1.807, 2.05) is 29.3 Å². The highest BCUT2D eigenvalue weighted by atomic mass is 32.1. The lowest BCUT2D eigenvalue weighted by molar-refractivity contribution is 0.923. The van der Waals surface area contributed by atoms with Crippen molar-refractivity contribution >= 4 is 33.4 Å². The Labute approximate surface area is 129 Å². The lowest BCUT2D eigenvalue weighted by Gasteiger charge is -2.02. The van der Waals surface area contributed by atoms with Crippen LogP contribution in [-0.4, -0.2) is 40.7 Å². The molecular formula is C13H14N8S. The average molecular weight is 314 g/mol. The zero-order valence-corrected chi connectivity index (χ0v) is 13.0. The first kappa shape index (κ1) is 13.1. The smallest absolute Gasteiger partial charge is 0.224 e. The van der Waals surface area contributed by atoms with Crippen molar-refractivity contribution < 1.29 is 0 Å². The van der Waals surface area contributed by atoms with E-state index < -0.39 is 0 Å². The first-order valence-electron chi connectivity index (χ1n) is 6.89. The van der Waals surface area contributed by atoms with E-state index in [1.165, 1.54) is 0 Å². The molecule has 8 nitrogen and oxygen atoms in total. The Bertz CT molecular complexity index is 918. The highest BCUT2D eigenvalue weighted by molar-refractivity contribution is 7.16. The molecule has 4 aromatic heterocycles. The van der Waals surface area contributed by atoms with Gasteiger partial charge in [0.1, 0.15) is 10.5 Å². The zero-order chi connectivity index (χ0) is 15.1. The molecule has 0 atom stereocenters. The van der Waals surface area contributed by atoms with Crippen LogP contribution in [0.4, 0.5) is 5.95 Å². The van der Waals surface area contributed by atoms with Gasteiger partial charge in [-0.25, -0.2) is 19.5 Å². The van der Waals surface area contributed by atoms with Crippen molar-refractivity contribution in [2.45, 2.75) is 13.3 Å². The second-order valence-corrected chi connectivity index (χ2v) is 6.18. The third kappa shape index (κ3) is 2.29. The molecule has 112 valence electrons. The molecule has 0 saturated heterocycles. The average Bonchev–Trinajstić information content (AvgIpc) is 3.12. The van der Waals surface area contributed by atoms with Crippen molar-refractivity contribution in [3.63, 3.8) is 0 Å². The molecule has 0 aliphatic rings. The van der Waals surface area contributed by atoms with Gasteiger partial charge < -0.3 is 9.88 Å². The standard InChI is InChI=1S/C13H14N8S/c1-8-19-21-6-9(17-13(21)22-8)3-4-14-12-15-5-10-11(18-12)16-7-20(10)2/h5-7H,3-4H2,1-2H3,(H,14,15,18). The molecule has 0 aromatic carbocycles. The number of anilines is 1. The molecule has 0 spiro atoms. The van der Waals surface area contributed by atoms with Crippen LogP contribution in [0.25, 0.3) is 16.1 Å². The van der Waals surface area contributed by atoms with E-state index in [4.69, 9.17) is 0 Å². The third-order valence-electron chi connectivity index (χ3n) is 3.34. The number of nitrogens with zero attached hydrogens (tertiary/aromatic N) is 7. The van der Waals surface area contributed by atoms with Crippen LogP contribution in [0.5, 0.6) is 0 Å². The lowest BCUT2D eigenvalue weighted by Crippen LogP contribution is -2.08. The van der Waals surface area contributed by atoms with Gasteiger partial charge in [0.2, 0.25) is 10.9 Å². The molecule has 0 unspecified atom stereocenters. The Hall–Kier alpha value is -2.55. The SMILES string of the molecule is Cc1nn2cc(CCNc3ncc4c(ncn4C)n3)nc2s1. The molecule has 0 fully saturated rings. The Morgan fingerprint density at radius 2 is 2.18 bits per heavy atom. The number of imidazole rings is 2. The predicted molar refractivity (Wildman–Crippen MR) is 84.1 cm³/mol. The summed E-state index contributed by atoms with van der Waals surface area (Å²) < 4.78 is 3.72. The van der Waals surface area contributed by atoms with E-state index in [9.17, 15) is 0 Å². The fourth-order valence-corrected chi connectivity index (χ4v) is 3.01. The van der Waals surface area contributed by atoms with Crippen LogP contribution in [0, 0.1) is 6.92 Å². The number of nitrogens with one attached hydrogen (secondary N) is 1. The van der Waals surface area contributed by atoms with Crippen molar-refractivity contribution in [2.24, 2.45) is 7.05 Å². The van der Waals surface area contributed by atoms with Crippen molar-refractivity contribution in [3.8, 4) is 0 Å². The monoisotopic (exact) mass is 314 g/mol. The molecule has 4 aromatic rings. The van der Waals surface area contributed by atoms with Crippen LogP contribution in [0.2, 0.25) is 0 Å². The largest absolute Gasteiger partial charge is 0.354 e. The van der Waals surface area contributed by atoms with E-state index in [0.29, 0.717) is 18.1 Å². The van der Waals surface area contributed by atoms with Crippen LogP contribution in [-0.2, 0) is 13.5 Å². The summed E-state index contributed by atoms with van der Waals surface area (Å²) in [5.74, 6) is 0.584. The number of aromatic nitrogens is 7. The molecule has 4 heterocycles. The van der Waals surface area contributed by atoms with Crippen molar-refractivity contribution in [1.29, 1.82) is 0 Å². The Kier molecular flexibility index (Phi) is 3.00. The van der Waals surface area contributed by atoms with E-state index in [-0.39, 0.29) is 0 Å². The molecule has 0 amide bonds. The Balaban J connectivity index is 1.43. The van der Waals surface area contributed by atoms with Crippen LogP contribution in [0.1, 0.15) is 10.7 Å². The number of aryl methyl sites for hydroxylation is 2. The van der Waals surface area contributed by atoms with Crippen LogP contribution >= 0.6 is 11.3 Å². The number of hydrogen-bond acceptors (Lipinski definition) is 7. The summed E-state index contributed by atoms with van der Waals surface area (Å²) in [7, 11) is 1.92. The van der Waals surface area contributed by atoms with E-state index in [0.717, 1.165) is 27.6 Å². The van der Waals surface area contributed by atoms with Gasteiger partial charge in [-0.05, 0) is 6.92 Å². The van der Waals surface area contributed by atoms with Crippen LogP contribution in [0.3, 0.4) is 0 Å². The lowest BCUT2D eigenvalue weighted by atomic mass is 10.3. The van der Waals surface area contributed by atoms with Gasteiger partial charge in [0.25, 0.3) is 0 Å². The second kappa shape index (κ2) is 5.02. The molecule has 0 saturated carbocycles. The maximum absolute atomic E-state index is 4.54. The van der Waals surface area contributed by atoms with Crippen LogP contribution < -0.4 is 5.32 Å². The minimum Gasteiger partial charge on any atom is -0.354 e. The molecule has 0 bridgehead atoms. The van der Waals surface area contributed by atoms with Gasteiger partial charge in [-0.1, -0.05) is 11.3 Å².